The number of benzene rings is 1. The average molecular weight is 373 g/mol. The molecule has 0 radical (unpaired) electrons. The van der Waals surface area contributed by atoms with E-state index in [-0.39, 0.29) is 0 Å². The van der Waals surface area contributed by atoms with E-state index in [4.69, 9.17) is 10.2 Å². The number of hydrogen-bond acceptors (Lipinski definition) is 4. The zero-order chi connectivity index (χ0) is 19.9. The van der Waals surface area contributed by atoms with Crippen LogP contribution in [-0.2, 0) is 17.8 Å². The van der Waals surface area contributed by atoms with Crippen LogP contribution in [0.5, 0.6) is 0 Å². The van der Waals surface area contributed by atoms with Gasteiger partial charge in [-0.3, -0.25) is 10.0 Å². The molecule has 1 amide bonds. The first-order valence-electron chi connectivity index (χ1n) is 9.66. The van der Waals surface area contributed by atoms with Crippen molar-refractivity contribution in [3.8, 4) is 0 Å². The van der Waals surface area contributed by atoms with E-state index in [1.54, 1.807) is 11.6 Å². The van der Waals surface area contributed by atoms with Gasteiger partial charge >= 0.3 is 0 Å². The van der Waals surface area contributed by atoms with Gasteiger partial charge in [0.05, 0.1) is 11.0 Å². The fourth-order valence-electron chi connectivity index (χ4n) is 2.95. The minimum Gasteiger partial charge on any atom is -0.327 e. The maximum atomic E-state index is 11.2. The zero-order valence-electron chi connectivity index (χ0n) is 16.9. The molecule has 2 aromatic rings. The Morgan fingerprint density at radius 2 is 2.07 bits per heavy atom. The van der Waals surface area contributed by atoms with Crippen LogP contribution >= 0.6 is 0 Å². The fraction of sp³-hybridized carbons (Fsp3) is 0.524. The number of fused-ring (bicyclic) bond motifs is 1. The second-order valence-corrected chi connectivity index (χ2v) is 8.05. The number of rotatable bonds is 9. The molecule has 3 N–H and O–H groups in total. The largest absolute Gasteiger partial charge is 0.327 e. The minimum absolute atomic E-state index is 0.346. The van der Waals surface area contributed by atoms with E-state index < -0.39 is 5.91 Å². The van der Waals surface area contributed by atoms with Crippen molar-refractivity contribution < 1.29 is 10.0 Å². The number of nitrogens with one attached hydrogen (secondary N) is 2. The zero-order valence-corrected chi connectivity index (χ0v) is 16.9. The summed E-state index contributed by atoms with van der Waals surface area (Å²) in [6, 6.07) is 5.98. The van der Waals surface area contributed by atoms with Crippen molar-refractivity contribution >= 4 is 23.0 Å². The van der Waals surface area contributed by atoms with Crippen LogP contribution in [0.25, 0.3) is 17.1 Å². The topological polar surface area (TPSA) is 79.2 Å². The summed E-state index contributed by atoms with van der Waals surface area (Å²) in [5.74, 6) is 0.549. The predicted molar refractivity (Wildman–Crippen MR) is 110 cm³/mol. The highest BCUT2D eigenvalue weighted by atomic mass is 16.5. The normalized spacial score (nSPS) is 12.2. The van der Waals surface area contributed by atoms with Crippen LogP contribution in [0.4, 0.5) is 0 Å². The lowest BCUT2D eigenvalue weighted by Gasteiger charge is -2.18. The summed E-state index contributed by atoms with van der Waals surface area (Å²) in [6.07, 6.45) is 6.09. The number of amides is 1. The van der Waals surface area contributed by atoms with Gasteiger partial charge in [0.15, 0.2) is 0 Å². The van der Waals surface area contributed by atoms with Gasteiger partial charge in [-0.15, -0.1) is 0 Å². The van der Waals surface area contributed by atoms with Gasteiger partial charge in [0, 0.05) is 25.6 Å². The molecule has 0 atom stereocenters. The third kappa shape index (κ3) is 6.48. The number of aromatic nitrogens is 2. The number of nitrogens with zero attached hydrogens (tertiary/aromatic N) is 2. The quantitative estimate of drug-likeness (QED) is 0.272. The van der Waals surface area contributed by atoms with Crippen molar-refractivity contribution in [2.45, 2.75) is 53.5 Å². The maximum Gasteiger partial charge on any atom is 0.267 e. The predicted octanol–water partition coefficient (Wildman–Crippen LogP) is 3.53. The summed E-state index contributed by atoms with van der Waals surface area (Å²) >= 11 is 0. The van der Waals surface area contributed by atoms with E-state index in [2.05, 4.69) is 37.6 Å². The summed E-state index contributed by atoms with van der Waals surface area (Å²) in [5, 5.41) is 12.1. The first-order chi connectivity index (χ1) is 12.8. The molecule has 0 aliphatic heterocycles. The molecule has 6 nitrogen and oxygen atoms in total. The van der Waals surface area contributed by atoms with E-state index in [0.29, 0.717) is 5.41 Å². The molecule has 2 rings (SSSR count). The third-order valence-corrected chi connectivity index (χ3v) is 4.43. The van der Waals surface area contributed by atoms with Crippen LogP contribution in [0, 0.1) is 5.41 Å². The Hall–Kier alpha value is -2.18. The van der Waals surface area contributed by atoms with Crippen LogP contribution < -0.4 is 10.8 Å². The van der Waals surface area contributed by atoms with E-state index in [1.807, 2.05) is 18.2 Å². The lowest BCUT2D eigenvalue weighted by molar-refractivity contribution is -0.124. The molecular weight excluding hydrogens is 340 g/mol. The molecule has 148 valence electrons. The van der Waals surface area contributed by atoms with Crippen molar-refractivity contribution in [1.29, 1.82) is 0 Å². The van der Waals surface area contributed by atoms with E-state index in [9.17, 15) is 4.79 Å². The van der Waals surface area contributed by atoms with E-state index in [0.717, 1.165) is 61.3 Å². The van der Waals surface area contributed by atoms with Crippen molar-refractivity contribution in [3.05, 3.63) is 35.7 Å². The Morgan fingerprint density at radius 1 is 1.30 bits per heavy atom. The molecule has 0 spiro atoms. The summed E-state index contributed by atoms with van der Waals surface area (Å²) in [6.45, 7) is 11.7. The molecule has 0 aliphatic rings. The summed E-state index contributed by atoms with van der Waals surface area (Å²) < 4.78 is 2.29. The van der Waals surface area contributed by atoms with Gasteiger partial charge in [0.25, 0.3) is 5.91 Å². The molecule has 1 heterocycles. The van der Waals surface area contributed by atoms with Gasteiger partial charge in [0.1, 0.15) is 5.82 Å². The number of hydrogen-bond donors (Lipinski definition) is 3. The monoisotopic (exact) mass is 372 g/mol. The number of aryl methyl sites for hydroxylation is 1. The Bertz CT molecular complexity index is 787. The molecule has 6 heteroatoms. The Kier molecular flexibility index (Phi) is 7.56. The third-order valence-electron chi connectivity index (χ3n) is 4.43. The molecule has 0 saturated carbocycles. The Balaban J connectivity index is 2.12. The Labute approximate surface area is 161 Å². The number of carbonyl (C=O) groups excluding carboxylic acids is 1. The summed E-state index contributed by atoms with van der Waals surface area (Å²) in [7, 11) is 0. The first-order valence-corrected chi connectivity index (χ1v) is 9.66. The molecule has 0 fully saturated rings. The molecule has 0 aliphatic carbocycles. The lowest BCUT2D eigenvalue weighted by atomic mass is 9.92. The number of imidazole rings is 1. The molecule has 27 heavy (non-hydrogen) atoms. The van der Waals surface area contributed by atoms with Gasteiger partial charge < -0.3 is 9.88 Å². The average Bonchev–Trinajstić information content (AvgIpc) is 2.95. The summed E-state index contributed by atoms with van der Waals surface area (Å²) in [5.41, 5.74) is 4.86. The smallest absolute Gasteiger partial charge is 0.267 e. The van der Waals surface area contributed by atoms with Crippen LogP contribution in [0.3, 0.4) is 0 Å². The Morgan fingerprint density at radius 3 is 2.74 bits per heavy atom. The fourth-order valence-corrected chi connectivity index (χ4v) is 2.95. The van der Waals surface area contributed by atoms with Crippen LogP contribution in [0.15, 0.2) is 24.3 Å². The SMILES string of the molecule is CCCc1nc2cc(/C=C/C(=O)NO)ccc2n1CCNCCC(C)(C)C. The van der Waals surface area contributed by atoms with Gasteiger partial charge in [-0.25, -0.2) is 10.5 Å². The van der Waals surface area contributed by atoms with Crippen molar-refractivity contribution in [2.24, 2.45) is 5.41 Å². The minimum atomic E-state index is -0.548. The van der Waals surface area contributed by atoms with E-state index in [1.165, 1.54) is 6.08 Å². The second-order valence-electron chi connectivity index (χ2n) is 8.05. The van der Waals surface area contributed by atoms with Crippen molar-refractivity contribution in [2.75, 3.05) is 13.1 Å². The van der Waals surface area contributed by atoms with Gasteiger partial charge in [0.2, 0.25) is 0 Å². The van der Waals surface area contributed by atoms with Crippen molar-refractivity contribution in [3.63, 3.8) is 0 Å². The molecule has 0 unspecified atom stereocenters. The van der Waals surface area contributed by atoms with Crippen LogP contribution in [0.1, 0.15) is 51.9 Å². The first kappa shape index (κ1) is 21.1. The maximum absolute atomic E-state index is 11.2. The number of carbonyl (C=O) groups is 1. The highest BCUT2D eigenvalue weighted by molar-refractivity contribution is 5.91. The van der Waals surface area contributed by atoms with Crippen LogP contribution in [0.2, 0.25) is 0 Å². The van der Waals surface area contributed by atoms with E-state index >= 15 is 0 Å². The molecule has 0 bridgehead atoms. The molecular formula is C21H32N4O2. The van der Waals surface area contributed by atoms with Gasteiger partial charge in [-0.1, -0.05) is 33.8 Å². The highest BCUT2D eigenvalue weighted by Crippen LogP contribution is 2.20. The standard InChI is InChI=1S/C21H32N4O2/c1-5-6-19-23-17-15-16(8-10-20(26)24-27)7-9-18(17)25(19)14-13-22-12-11-21(2,3)4/h7-10,15,22,27H,5-6,11-14H2,1-4H3,(H,24,26)/b10-8+. The molecule has 1 aromatic heterocycles. The van der Waals surface area contributed by atoms with Crippen LogP contribution in [-0.4, -0.2) is 33.8 Å². The molecule has 1 aromatic carbocycles. The van der Waals surface area contributed by atoms with Crippen molar-refractivity contribution in [1.82, 2.24) is 20.3 Å². The lowest BCUT2D eigenvalue weighted by Crippen LogP contribution is -2.24. The van der Waals surface area contributed by atoms with Gasteiger partial charge in [-0.2, -0.15) is 0 Å². The number of hydroxylamine groups is 1. The highest BCUT2D eigenvalue weighted by Gasteiger charge is 2.11. The summed E-state index contributed by atoms with van der Waals surface area (Å²) in [4.78, 5) is 16.0. The second kappa shape index (κ2) is 9.67. The molecule has 0 saturated heterocycles. The van der Waals surface area contributed by atoms with Gasteiger partial charge in [-0.05, 0) is 48.6 Å².